The molecule has 5 nitrogen and oxygen atoms in total. The molecule has 0 saturated carbocycles. The van der Waals surface area contributed by atoms with Crippen LogP contribution in [0.25, 0.3) is 0 Å². The van der Waals surface area contributed by atoms with Gasteiger partial charge in [0.05, 0.1) is 6.54 Å². The van der Waals surface area contributed by atoms with Crippen LogP contribution < -0.4 is 0 Å². The van der Waals surface area contributed by atoms with Crippen LogP contribution in [0.4, 0.5) is 0 Å². The fraction of sp³-hybridized carbons (Fsp3) is 0.786. The van der Waals surface area contributed by atoms with E-state index in [0.29, 0.717) is 5.92 Å². The fourth-order valence-corrected chi connectivity index (χ4v) is 3.25. The molecule has 1 aromatic heterocycles. The lowest BCUT2D eigenvalue weighted by Crippen LogP contribution is -2.47. The molecule has 0 N–H and O–H groups in total. The average molecular weight is 263 g/mol. The molecule has 5 heteroatoms. The Morgan fingerprint density at radius 3 is 2.68 bits per heavy atom. The average Bonchev–Trinajstić information content (AvgIpc) is 2.73. The Morgan fingerprint density at radius 1 is 1.11 bits per heavy atom. The molecule has 3 heterocycles. The maximum absolute atomic E-state index is 4.46. The largest absolute Gasteiger partial charge is 0.333 e. The highest BCUT2D eigenvalue weighted by Crippen LogP contribution is 2.15. The molecule has 0 spiro atoms. The van der Waals surface area contributed by atoms with Gasteiger partial charge in [0, 0.05) is 64.1 Å². The fourth-order valence-electron chi connectivity index (χ4n) is 3.25. The Balaban J connectivity index is 1.61. The standard InChI is InChI=1S/C14H25N5/c1-16-5-7-18(8-6-16)10-13-9-17(2)12-14-15-3-4-19(14)11-13/h3-4,13H,5-12H2,1-2H3/t13-/m1/s1. The molecule has 3 rings (SSSR count). The van der Waals surface area contributed by atoms with Gasteiger partial charge in [0.25, 0.3) is 0 Å². The molecule has 1 atom stereocenters. The quantitative estimate of drug-likeness (QED) is 0.761. The molecule has 19 heavy (non-hydrogen) atoms. The first-order valence-electron chi connectivity index (χ1n) is 7.30. The molecule has 0 aliphatic carbocycles. The third-order valence-electron chi connectivity index (χ3n) is 4.35. The van der Waals surface area contributed by atoms with Gasteiger partial charge in [0.2, 0.25) is 0 Å². The summed E-state index contributed by atoms with van der Waals surface area (Å²) in [5.41, 5.74) is 0. The van der Waals surface area contributed by atoms with Gasteiger partial charge >= 0.3 is 0 Å². The van der Waals surface area contributed by atoms with E-state index in [0.717, 1.165) is 13.1 Å². The van der Waals surface area contributed by atoms with Crippen molar-refractivity contribution >= 4 is 0 Å². The summed E-state index contributed by atoms with van der Waals surface area (Å²) in [6.45, 7) is 9.34. The van der Waals surface area contributed by atoms with Crippen molar-refractivity contribution in [2.24, 2.45) is 5.92 Å². The number of fused-ring (bicyclic) bond motifs is 1. The summed E-state index contributed by atoms with van der Waals surface area (Å²) in [5, 5.41) is 0. The zero-order chi connectivity index (χ0) is 13.2. The molecule has 0 amide bonds. The van der Waals surface area contributed by atoms with Crippen molar-refractivity contribution < 1.29 is 0 Å². The second-order valence-electron chi connectivity index (χ2n) is 6.16. The first-order chi connectivity index (χ1) is 9.20. The Labute approximate surface area is 115 Å². The summed E-state index contributed by atoms with van der Waals surface area (Å²) in [7, 11) is 4.43. The number of aromatic nitrogens is 2. The van der Waals surface area contributed by atoms with Crippen LogP contribution >= 0.6 is 0 Å². The minimum Gasteiger partial charge on any atom is -0.333 e. The summed E-state index contributed by atoms with van der Waals surface area (Å²) >= 11 is 0. The van der Waals surface area contributed by atoms with Gasteiger partial charge in [-0.2, -0.15) is 0 Å². The number of rotatable bonds is 2. The molecule has 2 aliphatic heterocycles. The Morgan fingerprint density at radius 2 is 1.89 bits per heavy atom. The highest BCUT2D eigenvalue weighted by Gasteiger charge is 2.23. The molecule has 0 aromatic carbocycles. The van der Waals surface area contributed by atoms with E-state index in [1.165, 1.54) is 45.1 Å². The summed E-state index contributed by atoms with van der Waals surface area (Å²) in [5.74, 6) is 1.92. The number of hydrogen-bond donors (Lipinski definition) is 0. The molecule has 106 valence electrons. The van der Waals surface area contributed by atoms with Crippen molar-refractivity contribution in [2.45, 2.75) is 13.1 Å². The SMILES string of the molecule is CN1CCN(C[C@H]2CN(C)Cc3nccn3C2)CC1. The van der Waals surface area contributed by atoms with Gasteiger partial charge in [-0.25, -0.2) is 4.98 Å². The van der Waals surface area contributed by atoms with Gasteiger partial charge < -0.3 is 14.4 Å². The monoisotopic (exact) mass is 263 g/mol. The lowest BCUT2D eigenvalue weighted by molar-refractivity contribution is 0.122. The number of nitrogens with zero attached hydrogens (tertiary/aromatic N) is 5. The minimum absolute atomic E-state index is 0.712. The topological polar surface area (TPSA) is 27.5 Å². The minimum atomic E-state index is 0.712. The third-order valence-corrected chi connectivity index (χ3v) is 4.35. The van der Waals surface area contributed by atoms with Gasteiger partial charge in [0.1, 0.15) is 5.82 Å². The van der Waals surface area contributed by atoms with Crippen LogP contribution in [0.5, 0.6) is 0 Å². The Hall–Kier alpha value is -0.910. The molecular formula is C14H25N5. The van der Waals surface area contributed by atoms with Crippen LogP contribution in [-0.2, 0) is 13.1 Å². The van der Waals surface area contributed by atoms with Crippen molar-refractivity contribution in [3.8, 4) is 0 Å². The van der Waals surface area contributed by atoms with Crippen molar-refractivity contribution in [1.29, 1.82) is 0 Å². The molecule has 1 fully saturated rings. The predicted octanol–water partition coefficient (Wildman–Crippen LogP) is 0.192. The highest BCUT2D eigenvalue weighted by molar-refractivity contribution is 4.95. The van der Waals surface area contributed by atoms with Crippen LogP contribution in [0.1, 0.15) is 5.82 Å². The van der Waals surface area contributed by atoms with E-state index in [2.05, 4.69) is 44.5 Å². The first kappa shape index (κ1) is 13.1. The van der Waals surface area contributed by atoms with Gasteiger partial charge in [0.15, 0.2) is 0 Å². The van der Waals surface area contributed by atoms with Crippen molar-refractivity contribution in [1.82, 2.24) is 24.3 Å². The van der Waals surface area contributed by atoms with Crippen molar-refractivity contribution in [2.75, 3.05) is 53.4 Å². The summed E-state index contributed by atoms with van der Waals surface area (Å²) in [6, 6.07) is 0. The Bertz CT molecular complexity index is 408. The van der Waals surface area contributed by atoms with E-state index in [1.807, 2.05) is 6.20 Å². The van der Waals surface area contributed by atoms with Gasteiger partial charge in [-0.15, -0.1) is 0 Å². The second-order valence-corrected chi connectivity index (χ2v) is 6.16. The second kappa shape index (κ2) is 5.61. The molecule has 1 saturated heterocycles. The number of imidazole rings is 1. The zero-order valence-corrected chi connectivity index (χ0v) is 12.1. The summed E-state index contributed by atoms with van der Waals surface area (Å²) < 4.78 is 2.34. The van der Waals surface area contributed by atoms with Gasteiger partial charge in [-0.1, -0.05) is 0 Å². The van der Waals surface area contributed by atoms with Gasteiger partial charge in [-0.05, 0) is 14.1 Å². The predicted molar refractivity (Wildman–Crippen MR) is 76.0 cm³/mol. The lowest BCUT2D eigenvalue weighted by atomic mass is 10.1. The molecule has 0 unspecified atom stereocenters. The first-order valence-corrected chi connectivity index (χ1v) is 7.30. The highest BCUT2D eigenvalue weighted by atomic mass is 15.3. The van der Waals surface area contributed by atoms with E-state index in [9.17, 15) is 0 Å². The van der Waals surface area contributed by atoms with E-state index >= 15 is 0 Å². The normalized spacial score (nSPS) is 27.2. The Kier molecular flexibility index (Phi) is 3.86. The van der Waals surface area contributed by atoms with Crippen molar-refractivity contribution in [3.05, 3.63) is 18.2 Å². The molecule has 2 aliphatic rings. The van der Waals surface area contributed by atoms with Crippen LogP contribution in [0.3, 0.4) is 0 Å². The van der Waals surface area contributed by atoms with Crippen LogP contribution in [-0.4, -0.2) is 77.6 Å². The zero-order valence-electron chi connectivity index (χ0n) is 12.1. The van der Waals surface area contributed by atoms with Gasteiger partial charge in [-0.3, -0.25) is 4.90 Å². The van der Waals surface area contributed by atoms with Crippen LogP contribution in [0, 0.1) is 5.92 Å². The number of hydrogen-bond acceptors (Lipinski definition) is 4. The van der Waals surface area contributed by atoms with E-state index < -0.39 is 0 Å². The molecular weight excluding hydrogens is 238 g/mol. The maximum Gasteiger partial charge on any atom is 0.122 e. The van der Waals surface area contributed by atoms with E-state index in [1.54, 1.807) is 0 Å². The summed E-state index contributed by atoms with van der Waals surface area (Å²) in [6.07, 6.45) is 4.06. The number of likely N-dealkylation sites (N-methyl/N-ethyl adjacent to an activating group) is 1. The smallest absolute Gasteiger partial charge is 0.122 e. The van der Waals surface area contributed by atoms with E-state index in [-0.39, 0.29) is 0 Å². The lowest BCUT2D eigenvalue weighted by Gasteiger charge is -2.35. The molecule has 0 bridgehead atoms. The third kappa shape index (κ3) is 3.16. The molecule has 1 aromatic rings. The molecule has 0 radical (unpaired) electrons. The summed E-state index contributed by atoms with van der Waals surface area (Å²) in [4.78, 5) is 11.9. The maximum atomic E-state index is 4.46. The van der Waals surface area contributed by atoms with E-state index in [4.69, 9.17) is 0 Å². The van der Waals surface area contributed by atoms with Crippen LogP contribution in [0.15, 0.2) is 12.4 Å². The number of piperazine rings is 1. The van der Waals surface area contributed by atoms with Crippen molar-refractivity contribution in [3.63, 3.8) is 0 Å². The van der Waals surface area contributed by atoms with Crippen LogP contribution in [0.2, 0.25) is 0 Å².